The first-order valence-corrected chi connectivity index (χ1v) is 8.39. The zero-order valence-electron chi connectivity index (χ0n) is 13.9. The number of furan rings is 1. The molecular formula is C18H19FN2O4. The summed E-state index contributed by atoms with van der Waals surface area (Å²) in [4.78, 5) is 18.5. The lowest BCUT2D eigenvalue weighted by atomic mass is 10.1. The Labute approximate surface area is 144 Å². The van der Waals surface area contributed by atoms with Crippen molar-refractivity contribution in [3.63, 3.8) is 0 Å². The topological polar surface area (TPSA) is 64.8 Å². The Morgan fingerprint density at radius 3 is 3.00 bits per heavy atom. The fourth-order valence-corrected chi connectivity index (χ4v) is 3.59. The number of halogens is 1. The number of pyridine rings is 1. The Kier molecular flexibility index (Phi) is 4.17. The largest absolute Gasteiger partial charge is 0.469 e. The number of nitrogens with zero attached hydrogens (tertiary/aromatic N) is 2. The molecule has 1 amide bonds. The van der Waals surface area contributed by atoms with Gasteiger partial charge in [0, 0.05) is 12.7 Å². The van der Waals surface area contributed by atoms with Crippen LogP contribution in [0.3, 0.4) is 0 Å². The smallest absolute Gasteiger partial charge is 0.289 e. The SMILES string of the molecule is Cc1ccc(C(=O)N2CCO[C@H]3[C@H](Oc4ncccc4F)CC[C@@H]32)o1. The predicted octanol–water partition coefficient (Wildman–Crippen LogP) is 2.57. The molecule has 1 aliphatic carbocycles. The summed E-state index contributed by atoms with van der Waals surface area (Å²) in [5.41, 5.74) is 0. The molecular weight excluding hydrogens is 327 g/mol. The van der Waals surface area contributed by atoms with E-state index in [0.717, 1.165) is 6.42 Å². The van der Waals surface area contributed by atoms with E-state index in [0.29, 0.717) is 31.1 Å². The maximum absolute atomic E-state index is 13.8. The monoisotopic (exact) mass is 346 g/mol. The Balaban J connectivity index is 1.50. The minimum Gasteiger partial charge on any atom is -0.469 e. The average molecular weight is 346 g/mol. The second-order valence-corrected chi connectivity index (χ2v) is 6.34. The third-order valence-corrected chi connectivity index (χ3v) is 4.74. The van der Waals surface area contributed by atoms with E-state index in [1.165, 1.54) is 18.3 Å². The number of ether oxygens (including phenoxy) is 2. The van der Waals surface area contributed by atoms with Gasteiger partial charge in [-0.15, -0.1) is 0 Å². The number of aromatic nitrogens is 1. The molecule has 0 aromatic carbocycles. The molecule has 0 N–H and O–H groups in total. The molecule has 4 rings (SSSR count). The summed E-state index contributed by atoms with van der Waals surface area (Å²) < 4.78 is 30.8. The highest BCUT2D eigenvalue weighted by Gasteiger charge is 2.46. The number of amides is 1. The van der Waals surface area contributed by atoms with Crippen LogP contribution in [0.1, 0.15) is 29.2 Å². The Bertz CT molecular complexity index is 778. The fraction of sp³-hybridized carbons (Fsp3) is 0.444. The van der Waals surface area contributed by atoms with E-state index in [2.05, 4.69) is 4.98 Å². The molecule has 0 radical (unpaired) electrons. The van der Waals surface area contributed by atoms with Crippen molar-refractivity contribution in [2.45, 2.75) is 38.0 Å². The highest BCUT2D eigenvalue weighted by atomic mass is 19.1. The van der Waals surface area contributed by atoms with Crippen LogP contribution < -0.4 is 4.74 Å². The van der Waals surface area contributed by atoms with Gasteiger partial charge in [0.25, 0.3) is 11.8 Å². The molecule has 0 bridgehead atoms. The summed E-state index contributed by atoms with van der Waals surface area (Å²) in [6.45, 7) is 2.72. The summed E-state index contributed by atoms with van der Waals surface area (Å²) in [5.74, 6) is 0.364. The lowest BCUT2D eigenvalue weighted by Gasteiger charge is -2.38. The third-order valence-electron chi connectivity index (χ3n) is 4.74. The number of hydrogen-bond acceptors (Lipinski definition) is 5. The number of hydrogen-bond donors (Lipinski definition) is 0. The average Bonchev–Trinajstić information content (AvgIpc) is 3.23. The van der Waals surface area contributed by atoms with Gasteiger partial charge in [-0.1, -0.05) is 0 Å². The van der Waals surface area contributed by atoms with Gasteiger partial charge in [0.05, 0.1) is 12.6 Å². The van der Waals surface area contributed by atoms with Gasteiger partial charge >= 0.3 is 0 Å². The van der Waals surface area contributed by atoms with Crippen molar-refractivity contribution in [2.24, 2.45) is 0 Å². The van der Waals surface area contributed by atoms with Crippen LogP contribution in [0.15, 0.2) is 34.9 Å². The molecule has 0 unspecified atom stereocenters. The van der Waals surface area contributed by atoms with Crippen LogP contribution in [-0.2, 0) is 4.74 Å². The van der Waals surface area contributed by atoms with E-state index in [4.69, 9.17) is 13.9 Å². The number of aryl methyl sites for hydroxylation is 1. The molecule has 132 valence electrons. The van der Waals surface area contributed by atoms with Crippen molar-refractivity contribution < 1.29 is 23.1 Å². The highest BCUT2D eigenvalue weighted by molar-refractivity contribution is 5.92. The van der Waals surface area contributed by atoms with Gasteiger partial charge in [-0.05, 0) is 44.0 Å². The van der Waals surface area contributed by atoms with Gasteiger partial charge in [-0.2, -0.15) is 0 Å². The summed E-state index contributed by atoms with van der Waals surface area (Å²) in [6.07, 6.45) is 2.27. The second kappa shape index (κ2) is 6.48. The molecule has 3 atom stereocenters. The fourth-order valence-electron chi connectivity index (χ4n) is 3.59. The lowest BCUT2D eigenvalue weighted by Crippen LogP contribution is -2.54. The first-order chi connectivity index (χ1) is 12.1. The van der Waals surface area contributed by atoms with Gasteiger partial charge in [0.1, 0.15) is 18.0 Å². The van der Waals surface area contributed by atoms with Crippen LogP contribution in [0, 0.1) is 12.7 Å². The van der Waals surface area contributed by atoms with E-state index < -0.39 is 5.82 Å². The van der Waals surface area contributed by atoms with Crippen molar-refractivity contribution in [1.29, 1.82) is 0 Å². The van der Waals surface area contributed by atoms with Crippen LogP contribution in [0.5, 0.6) is 5.88 Å². The first kappa shape index (κ1) is 16.1. The van der Waals surface area contributed by atoms with Gasteiger partial charge in [-0.25, -0.2) is 9.37 Å². The van der Waals surface area contributed by atoms with E-state index in [1.807, 2.05) is 0 Å². The molecule has 1 aliphatic heterocycles. The Morgan fingerprint density at radius 1 is 1.36 bits per heavy atom. The number of carbonyl (C=O) groups excluding carboxylic acids is 1. The second-order valence-electron chi connectivity index (χ2n) is 6.34. The number of fused-ring (bicyclic) bond motifs is 1. The molecule has 0 spiro atoms. The maximum atomic E-state index is 13.8. The zero-order chi connectivity index (χ0) is 17.4. The third kappa shape index (κ3) is 3.00. The van der Waals surface area contributed by atoms with Crippen molar-refractivity contribution in [2.75, 3.05) is 13.2 Å². The summed E-state index contributed by atoms with van der Waals surface area (Å²) in [7, 11) is 0. The highest BCUT2D eigenvalue weighted by Crippen LogP contribution is 2.34. The van der Waals surface area contributed by atoms with Crippen molar-refractivity contribution >= 4 is 5.91 Å². The van der Waals surface area contributed by atoms with E-state index in [1.54, 1.807) is 24.0 Å². The minimum atomic E-state index is -0.499. The van der Waals surface area contributed by atoms with Gasteiger partial charge < -0.3 is 18.8 Å². The van der Waals surface area contributed by atoms with Crippen LogP contribution in [0.4, 0.5) is 4.39 Å². The van der Waals surface area contributed by atoms with Crippen LogP contribution in [-0.4, -0.2) is 47.2 Å². The molecule has 1 saturated carbocycles. The van der Waals surface area contributed by atoms with Crippen LogP contribution in [0.25, 0.3) is 0 Å². The summed E-state index contributed by atoms with van der Waals surface area (Å²) in [6, 6.07) is 6.18. The molecule has 3 heterocycles. The van der Waals surface area contributed by atoms with Crippen LogP contribution in [0.2, 0.25) is 0 Å². The van der Waals surface area contributed by atoms with Crippen molar-refractivity contribution in [1.82, 2.24) is 9.88 Å². The van der Waals surface area contributed by atoms with Crippen molar-refractivity contribution in [3.8, 4) is 5.88 Å². The quantitative estimate of drug-likeness (QED) is 0.855. The first-order valence-electron chi connectivity index (χ1n) is 8.39. The molecule has 2 fully saturated rings. The lowest BCUT2D eigenvalue weighted by molar-refractivity contribution is -0.0804. The molecule has 6 nitrogen and oxygen atoms in total. The Hall–Kier alpha value is -2.41. The van der Waals surface area contributed by atoms with Gasteiger partial charge in [0.2, 0.25) is 0 Å². The summed E-state index contributed by atoms with van der Waals surface area (Å²) >= 11 is 0. The van der Waals surface area contributed by atoms with E-state index in [9.17, 15) is 9.18 Å². The normalized spacial score (nSPS) is 25.7. The zero-order valence-corrected chi connectivity index (χ0v) is 13.9. The van der Waals surface area contributed by atoms with Crippen molar-refractivity contribution in [3.05, 3.63) is 47.8 Å². The van der Waals surface area contributed by atoms with Gasteiger partial charge in [-0.3, -0.25) is 4.79 Å². The maximum Gasteiger partial charge on any atom is 0.289 e. The minimum absolute atomic E-state index is 0.0261. The van der Waals surface area contributed by atoms with E-state index >= 15 is 0 Å². The van der Waals surface area contributed by atoms with Crippen LogP contribution >= 0.6 is 0 Å². The molecule has 2 aromatic heterocycles. The van der Waals surface area contributed by atoms with Gasteiger partial charge in [0.15, 0.2) is 11.6 Å². The molecule has 7 heteroatoms. The predicted molar refractivity (Wildman–Crippen MR) is 85.9 cm³/mol. The standard InChI is InChI=1S/C18H19FN2O4/c1-11-4-6-15(24-11)18(22)21-9-10-23-16-13(21)5-7-14(16)25-17-12(19)3-2-8-20-17/h2-4,6,8,13-14,16H,5,7,9-10H2,1H3/t13-,14+,16+/m0/s1. The van der Waals surface area contributed by atoms with E-state index in [-0.39, 0.29) is 30.0 Å². The molecule has 1 saturated heterocycles. The number of morpholine rings is 1. The number of rotatable bonds is 3. The Morgan fingerprint density at radius 2 is 2.24 bits per heavy atom. The number of carbonyl (C=O) groups is 1. The molecule has 2 aliphatic rings. The summed E-state index contributed by atoms with van der Waals surface area (Å²) in [5, 5.41) is 0. The molecule has 2 aromatic rings. The molecule has 25 heavy (non-hydrogen) atoms.